The van der Waals surface area contributed by atoms with Crippen LogP contribution in [-0.4, -0.2) is 10.5 Å². The van der Waals surface area contributed by atoms with Crippen molar-refractivity contribution in [3.63, 3.8) is 0 Å². The molecule has 0 aliphatic carbocycles. The number of carbonyl (C=O) groups is 1. The molecule has 1 heterocycles. The van der Waals surface area contributed by atoms with Crippen molar-refractivity contribution in [1.82, 2.24) is 4.57 Å². The molecule has 0 fully saturated rings. The molecule has 3 aromatic rings. The van der Waals surface area contributed by atoms with Crippen molar-refractivity contribution < 1.29 is 4.79 Å². The lowest BCUT2D eigenvalue weighted by molar-refractivity contribution is 0.101. The molecule has 0 saturated heterocycles. The number of amides is 1. The molecule has 0 bridgehead atoms. The van der Waals surface area contributed by atoms with Gasteiger partial charge in [-0.1, -0.05) is 54.7 Å². The van der Waals surface area contributed by atoms with Crippen LogP contribution in [-0.2, 0) is 6.54 Å². The topological polar surface area (TPSA) is 34.0 Å². The molecular weight excluding hydrogens is 355 g/mol. The number of benzene rings is 2. The van der Waals surface area contributed by atoms with Gasteiger partial charge in [-0.2, -0.15) is 0 Å². The summed E-state index contributed by atoms with van der Waals surface area (Å²) < 4.78 is 2.11. The minimum atomic E-state index is -0.136. The first kappa shape index (κ1) is 17.8. The van der Waals surface area contributed by atoms with Crippen molar-refractivity contribution in [3.8, 4) is 0 Å². The fourth-order valence-electron chi connectivity index (χ4n) is 3.08. The number of unbranched alkanes of at least 4 members (excludes halogenated alkanes) is 1. The molecule has 0 atom stereocenters. The summed E-state index contributed by atoms with van der Waals surface area (Å²) in [7, 11) is 0. The van der Waals surface area contributed by atoms with E-state index in [9.17, 15) is 4.79 Å². The van der Waals surface area contributed by atoms with Crippen molar-refractivity contribution >= 4 is 45.7 Å². The Balaban J connectivity index is 2.02. The lowest BCUT2D eigenvalue weighted by atomic mass is 10.1. The third-order valence-electron chi connectivity index (χ3n) is 4.35. The van der Waals surface area contributed by atoms with Crippen LogP contribution >= 0.6 is 23.2 Å². The zero-order valence-electron chi connectivity index (χ0n) is 14.3. The van der Waals surface area contributed by atoms with E-state index >= 15 is 0 Å². The lowest BCUT2D eigenvalue weighted by Crippen LogP contribution is -2.18. The van der Waals surface area contributed by atoms with Gasteiger partial charge in [-0.05, 0) is 43.2 Å². The van der Waals surface area contributed by atoms with Crippen LogP contribution in [0.3, 0.4) is 0 Å². The Kier molecular flexibility index (Phi) is 5.36. The maximum absolute atomic E-state index is 13.0. The van der Waals surface area contributed by atoms with Crippen LogP contribution in [0.25, 0.3) is 10.9 Å². The highest BCUT2D eigenvalue weighted by Crippen LogP contribution is 2.28. The Bertz CT molecular complexity index is 931. The molecule has 3 nitrogen and oxygen atoms in total. The third kappa shape index (κ3) is 3.53. The number of anilines is 1. The van der Waals surface area contributed by atoms with Gasteiger partial charge in [0.25, 0.3) is 5.91 Å². The summed E-state index contributed by atoms with van der Waals surface area (Å²) in [6.45, 7) is 4.96. The molecule has 0 aliphatic heterocycles. The van der Waals surface area contributed by atoms with Gasteiger partial charge in [0, 0.05) is 23.1 Å². The van der Waals surface area contributed by atoms with Crippen LogP contribution < -0.4 is 5.32 Å². The van der Waals surface area contributed by atoms with Crippen LogP contribution in [0.15, 0.2) is 42.5 Å². The zero-order chi connectivity index (χ0) is 18.0. The minimum Gasteiger partial charge on any atom is -0.336 e. The van der Waals surface area contributed by atoms with Crippen molar-refractivity contribution in [3.05, 3.63) is 63.8 Å². The van der Waals surface area contributed by atoms with Crippen molar-refractivity contribution in [2.75, 3.05) is 5.32 Å². The molecule has 2 aromatic carbocycles. The van der Waals surface area contributed by atoms with E-state index < -0.39 is 0 Å². The SMILES string of the molecule is CCCCn1c(C(=O)Nc2ccc(Cl)c(Cl)c2)c(C)c2ccccc21. The van der Waals surface area contributed by atoms with Gasteiger partial charge in [0.05, 0.1) is 10.0 Å². The number of hydrogen-bond acceptors (Lipinski definition) is 1. The van der Waals surface area contributed by atoms with E-state index in [-0.39, 0.29) is 5.91 Å². The van der Waals surface area contributed by atoms with Gasteiger partial charge in [-0.15, -0.1) is 0 Å². The van der Waals surface area contributed by atoms with E-state index in [0.29, 0.717) is 21.4 Å². The molecule has 1 aromatic heterocycles. The number of hydrogen-bond donors (Lipinski definition) is 1. The van der Waals surface area contributed by atoms with E-state index in [2.05, 4.69) is 28.9 Å². The number of carbonyl (C=O) groups excluding carboxylic acids is 1. The normalized spacial score (nSPS) is 11.0. The lowest BCUT2D eigenvalue weighted by Gasteiger charge is -2.12. The average molecular weight is 375 g/mol. The average Bonchev–Trinajstić information content (AvgIpc) is 2.89. The number of aryl methyl sites for hydroxylation is 2. The number of rotatable bonds is 5. The van der Waals surface area contributed by atoms with Crippen LogP contribution in [0, 0.1) is 6.92 Å². The summed E-state index contributed by atoms with van der Waals surface area (Å²) in [6.07, 6.45) is 2.09. The summed E-state index contributed by atoms with van der Waals surface area (Å²) >= 11 is 12.0. The van der Waals surface area contributed by atoms with Gasteiger partial charge in [-0.25, -0.2) is 0 Å². The van der Waals surface area contributed by atoms with Crippen LogP contribution in [0.2, 0.25) is 10.0 Å². The Morgan fingerprint density at radius 3 is 2.60 bits per heavy atom. The van der Waals surface area contributed by atoms with Gasteiger partial charge in [0.2, 0.25) is 0 Å². The maximum Gasteiger partial charge on any atom is 0.272 e. The molecular formula is C20H20Cl2N2O. The Morgan fingerprint density at radius 1 is 1.12 bits per heavy atom. The molecule has 0 spiro atoms. The summed E-state index contributed by atoms with van der Waals surface area (Å²) in [6, 6.07) is 13.2. The molecule has 5 heteroatoms. The first-order valence-corrected chi connectivity index (χ1v) is 9.12. The van der Waals surface area contributed by atoms with Gasteiger partial charge < -0.3 is 9.88 Å². The molecule has 25 heavy (non-hydrogen) atoms. The third-order valence-corrected chi connectivity index (χ3v) is 5.09. The molecule has 130 valence electrons. The number of fused-ring (bicyclic) bond motifs is 1. The molecule has 0 saturated carbocycles. The molecule has 0 unspecified atom stereocenters. The molecule has 3 rings (SSSR count). The fraction of sp³-hybridized carbons (Fsp3) is 0.250. The van der Waals surface area contributed by atoms with Gasteiger partial charge >= 0.3 is 0 Å². The van der Waals surface area contributed by atoms with Gasteiger partial charge in [0.15, 0.2) is 0 Å². The van der Waals surface area contributed by atoms with E-state index in [0.717, 1.165) is 35.9 Å². The number of halogens is 2. The Hall–Kier alpha value is -1.97. The van der Waals surface area contributed by atoms with E-state index in [4.69, 9.17) is 23.2 Å². The summed E-state index contributed by atoms with van der Waals surface area (Å²) in [4.78, 5) is 13.0. The standard InChI is InChI=1S/C20H20Cl2N2O/c1-3-4-11-24-18-8-6-5-7-15(18)13(2)19(24)20(25)23-14-9-10-16(21)17(22)12-14/h5-10,12H,3-4,11H2,1-2H3,(H,23,25). The highest BCUT2D eigenvalue weighted by Gasteiger charge is 2.20. The number of nitrogens with one attached hydrogen (secondary N) is 1. The monoisotopic (exact) mass is 374 g/mol. The quantitative estimate of drug-likeness (QED) is 0.557. The molecule has 0 radical (unpaired) electrons. The second-order valence-electron chi connectivity index (χ2n) is 6.08. The number of nitrogens with zero attached hydrogens (tertiary/aromatic N) is 1. The number of aromatic nitrogens is 1. The van der Waals surface area contributed by atoms with Crippen LogP contribution in [0.5, 0.6) is 0 Å². The Morgan fingerprint density at radius 2 is 1.88 bits per heavy atom. The summed E-state index contributed by atoms with van der Waals surface area (Å²) in [5.74, 6) is -0.136. The predicted molar refractivity (Wildman–Crippen MR) is 106 cm³/mol. The van der Waals surface area contributed by atoms with Crippen LogP contribution in [0.4, 0.5) is 5.69 Å². The van der Waals surface area contributed by atoms with Crippen LogP contribution in [0.1, 0.15) is 35.8 Å². The van der Waals surface area contributed by atoms with Gasteiger partial charge in [0.1, 0.15) is 5.69 Å². The summed E-state index contributed by atoms with van der Waals surface area (Å²) in [5, 5.41) is 4.94. The predicted octanol–water partition coefficient (Wildman–Crippen LogP) is 6.31. The summed E-state index contributed by atoms with van der Waals surface area (Å²) in [5.41, 5.74) is 3.41. The zero-order valence-corrected chi connectivity index (χ0v) is 15.8. The first-order valence-electron chi connectivity index (χ1n) is 8.37. The fourth-order valence-corrected chi connectivity index (χ4v) is 3.38. The second kappa shape index (κ2) is 7.51. The molecule has 1 N–H and O–H groups in total. The van der Waals surface area contributed by atoms with Gasteiger partial charge in [-0.3, -0.25) is 4.79 Å². The van der Waals surface area contributed by atoms with E-state index in [1.807, 2.05) is 19.1 Å². The second-order valence-corrected chi connectivity index (χ2v) is 6.89. The van der Waals surface area contributed by atoms with Crippen molar-refractivity contribution in [1.29, 1.82) is 0 Å². The largest absolute Gasteiger partial charge is 0.336 e. The Labute approximate surface area is 157 Å². The minimum absolute atomic E-state index is 0.136. The van der Waals surface area contributed by atoms with Crippen molar-refractivity contribution in [2.24, 2.45) is 0 Å². The van der Waals surface area contributed by atoms with Crippen molar-refractivity contribution in [2.45, 2.75) is 33.2 Å². The molecule has 0 aliphatic rings. The first-order chi connectivity index (χ1) is 12.0. The highest BCUT2D eigenvalue weighted by atomic mass is 35.5. The maximum atomic E-state index is 13.0. The highest BCUT2D eigenvalue weighted by molar-refractivity contribution is 6.42. The van der Waals surface area contributed by atoms with E-state index in [1.54, 1.807) is 18.2 Å². The number of para-hydroxylation sites is 1. The van der Waals surface area contributed by atoms with E-state index in [1.165, 1.54) is 0 Å². The molecule has 1 amide bonds. The smallest absolute Gasteiger partial charge is 0.272 e.